The van der Waals surface area contributed by atoms with Crippen molar-refractivity contribution < 1.29 is 19.1 Å². The number of nitrogens with one attached hydrogen (secondary N) is 1. The third-order valence-corrected chi connectivity index (χ3v) is 8.10. The first-order valence-corrected chi connectivity index (χ1v) is 12.0. The predicted molar refractivity (Wildman–Crippen MR) is 119 cm³/mol. The number of amides is 2. The Hall–Kier alpha value is -2.41. The lowest BCUT2D eigenvalue weighted by molar-refractivity contribution is -0.153. The molecule has 7 nitrogen and oxygen atoms in total. The van der Waals surface area contributed by atoms with Gasteiger partial charge in [0.05, 0.1) is 0 Å². The lowest BCUT2D eigenvalue weighted by Gasteiger charge is -2.61. The largest absolute Gasteiger partial charge is 0.454 e. The fourth-order valence-corrected chi connectivity index (χ4v) is 7.01. The van der Waals surface area contributed by atoms with Crippen LogP contribution >= 0.6 is 0 Å². The van der Waals surface area contributed by atoms with Gasteiger partial charge in [-0.1, -0.05) is 18.2 Å². The quantitative estimate of drug-likeness (QED) is 0.687. The molecule has 0 atom stereocenters. The number of hydrogen-bond donors (Lipinski definition) is 1. The van der Waals surface area contributed by atoms with Crippen molar-refractivity contribution in [2.24, 2.45) is 17.8 Å². The average Bonchev–Trinajstić information content (AvgIpc) is 2.81. The first-order valence-electron chi connectivity index (χ1n) is 12.0. The number of hydrogen-bond acceptors (Lipinski definition) is 5. The van der Waals surface area contributed by atoms with Gasteiger partial charge in [-0.2, -0.15) is 0 Å². The third kappa shape index (κ3) is 4.40. The zero-order valence-electron chi connectivity index (χ0n) is 18.6. The first kappa shape index (κ1) is 21.4. The number of piperazine rings is 1. The molecule has 32 heavy (non-hydrogen) atoms. The van der Waals surface area contributed by atoms with Crippen LogP contribution in [-0.4, -0.2) is 72.5 Å². The maximum atomic E-state index is 12.6. The Morgan fingerprint density at radius 1 is 0.906 bits per heavy atom. The van der Waals surface area contributed by atoms with Crippen molar-refractivity contribution in [2.75, 3.05) is 39.3 Å². The number of nitrogens with zero attached hydrogens (tertiary/aromatic N) is 2. The standard InChI is InChI=1S/C25H33N3O4/c29-22(17-32-23(30)16-26-24(31)21-4-2-1-3-5-21)27-6-8-28(9-7-27)25-13-18-10-19(14-25)12-20(11-18)15-25/h1-5,18-20H,6-17H2,(H,26,31). The topological polar surface area (TPSA) is 78.9 Å². The predicted octanol–water partition coefficient (Wildman–Crippen LogP) is 2.07. The average molecular weight is 440 g/mol. The minimum Gasteiger partial charge on any atom is -0.454 e. The highest BCUT2D eigenvalue weighted by atomic mass is 16.5. The van der Waals surface area contributed by atoms with E-state index in [9.17, 15) is 14.4 Å². The molecular weight excluding hydrogens is 406 g/mol. The van der Waals surface area contributed by atoms with E-state index in [0.29, 0.717) is 24.2 Å². The van der Waals surface area contributed by atoms with Crippen molar-refractivity contribution >= 4 is 17.8 Å². The van der Waals surface area contributed by atoms with Crippen molar-refractivity contribution in [2.45, 2.75) is 44.1 Å². The van der Waals surface area contributed by atoms with E-state index in [0.717, 1.165) is 30.8 Å². The highest BCUT2D eigenvalue weighted by Crippen LogP contribution is 2.57. The number of carbonyl (C=O) groups is 3. The van der Waals surface area contributed by atoms with Crippen LogP contribution in [0.3, 0.4) is 0 Å². The zero-order valence-corrected chi connectivity index (χ0v) is 18.6. The molecule has 5 fully saturated rings. The summed E-state index contributed by atoms with van der Waals surface area (Å²) in [6.07, 6.45) is 8.36. The molecule has 5 aliphatic rings. The molecule has 2 amide bonds. The van der Waals surface area contributed by atoms with E-state index >= 15 is 0 Å². The molecule has 1 aliphatic heterocycles. The van der Waals surface area contributed by atoms with Gasteiger partial charge in [-0.15, -0.1) is 0 Å². The van der Waals surface area contributed by atoms with E-state index < -0.39 is 5.97 Å². The zero-order chi connectivity index (χ0) is 22.1. The van der Waals surface area contributed by atoms with E-state index in [4.69, 9.17) is 4.74 Å². The molecule has 0 aromatic heterocycles. The molecule has 6 rings (SSSR count). The maximum Gasteiger partial charge on any atom is 0.325 e. The molecule has 4 saturated carbocycles. The molecule has 4 aliphatic carbocycles. The summed E-state index contributed by atoms with van der Waals surface area (Å²) in [5, 5.41) is 2.53. The normalized spacial score (nSPS) is 31.4. The number of esters is 1. The summed E-state index contributed by atoms with van der Waals surface area (Å²) in [6.45, 7) is 2.71. The number of ether oxygens (including phenoxy) is 1. The van der Waals surface area contributed by atoms with E-state index in [1.807, 2.05) is 11.0 Å². The van der Waals surface area contributed by atoms with Crippen molar-refractivity contribution in [1.82, 2.24) is 15.1 Å². The summed E-state index contributed by atoms with van der Waals surface area (Å²) in [5.41, 5.74) is 0.862. The van der Waals surface area contributed by atoms with Gasteiger partial charge in [-0.3, -0.25) is 19.3 Å². The van der Waals surface area contributed by atoms with Crippen LogP contribution in [-0.2, 0) is 14.3 Å². The van der Waals surface area contributed by atoms with Gasteiger partial charge in [0.2, 0.25) is 0 Å². The fourth-order valence-electron chi connectivity index (χ4n) is 7.01. The van der Waals surface area contributed by atoms with Crippen LogP contribution in [0.2, 0.25) is 0 Å². The van der Waals surface area contributed by atoms with Gasteiger partial charge in [0.15, 0.2) is 6.61 Å². The Bertz CT molecular complexity index is 828. The fraction of sp³-hybridized carbons (Fsp3) is 0.640. The van der Waals surface area contributed by atoms with Crippen LogP contribution in [0, 0.1) is 17.8 Å². The van der Waals surface area contributed by atoms with Crippen LogP contribution in [0.15, 0.2) is 30.3 Å². The Morgan fingerprint density at radius 3 is 2.09 bits per heavy atom. The summed E-state index contributed by atoms with van der Waals surface area (Å²) in [6, 6.07) is 8.68. The summed E-state index contributed by atoms with van der Waals surface area (Å²) in [7, 11) is 0. The molecule has 4 bridgehead atoms. The van der Waals surface area contributed by atoms with E-state index in [-0.39, 0.29) is 25.0 Å². The second-order valence-corrected chi connectivity index (χ2v) is 10.2. The van der Waals surface area contributed by atoms with Gasteiger partial charge in [0.1, 0.15) is 6.54 Å². The molecule has 1 saturated heterocycles. The molecule has 1 heterocycles. The van der Waals surface area contributed by atoms with Gasteiger partial charge in [0, 0.05) is 37.3 Å². The van der Waals surface area contributed by atoms with E-state index in [1.54, 1.807) is 24.3 Å². The van der Waals surface area contributed by atoms with E-state index in [1.165, 1.54) is 38.5 Å². The van der Waals surface area contributed by atoms with Crippen LogP contribution in [0.4, 0.5) is 0 Å². The SMILES string of the molecule is O=C(CNC(=O)c1ccccc1)OCC(=O)N1CCN(C23CC4CC(CC(C4)C2)C3)CC1. The summed E-state index contributed by atoms with van der Waals surface area (Å²) in [4.78, 5) is 41.0. The Morgan fingerprint density at radius 2 is 1.50 bits per heavy atom. The van der Waals surface area contributed by atoms with Gasteiger partial charge < -0.3 is 15.0 Å². The van der Waals surface area contributed by atoms with Crippen LogP contribution in [0.5, 0.6) is 0 Å². The molecule has 1 N–H and O–H groups in total. The minimum atomic E-state index is -0.602. The van der Waals surface area contributed by atoms with Crippen LogP contribution in [0.25, 0.3) is 0 Å². The van der Waals surface area contributed by atoms with Crippen LogP contribution in [0.1, 0.15) is 48.9 Å². The van der Waals surface area contributed by atoms with Gasteiger partial charge >= 0.3 is 5.97 Å². The molecule has 172 valence electrons. The molecular formula is C25H33N3O4. The number of benzene rings is 1. The highest BCUT2D eigenvalue weighted by molar-refractivity contribution is 5.96. The molecule has 7 heteroatoms. The molecule has 0 spiro atoms. The Kier molecular flexibility index (Phi) is 5.93. The van der Waals surface area contributed by atoms with Crippen molar-refractivity contribution in [3.8, 4) is 0 Å². The minimum absolute atomic E-state index is 0.155. The third-order valence-electron chi connectivity index (χ3n) is 8.10. The Labute approximate surface area is 189 Å². The summed E-state index contributed by atoms with van der Waals surface area (Å²) < 4.78 is 5.11. The van der Waals surface area contributed by atoms with Gasteiger partial charge in [0.25, 0.3) is 11.8 Å². The number of rotatable bonds is 6. The molecule has 0 radical (unpaired) electrons. The molecule has 0 unspecified atom stereocenters. The monoisotopic (exact) mass is 439 g/mol. The van der Waals surface area contributed by atoms with Crippen LogP contribution < -0.4 is 5.32 Å². The summed E-state index contributed by atoms with van der Waals surface area (Å²) in [5.74, 6) is 1.66. The number of carbonyl (C=O) groups excluding carboxylic acids is 3. The smallest absolute Gasteiger partial charge is 0.325 e. The molecule has 1 aromatic rings. The first-order chi connectivity index (χ1) is 15.5. The lowest BCUT2D eigenvalue weighted by Crippen LogP contribution is -2.64. The lowest BCUT2D eigenvalue weighted by atomic mass is 9.52. The second kappa shape index (κ2) is 8.85. The van der Waals surface area contributed by atoms with Crippen molar-refractivity contribution in [1.29, 1.82) is 0 Å². The highest BCUT2D eigenvalue weighted by Gasteiger charge is 2.53. The summed E-state index contributed by atoms with van der Waals surface area (Å²) >= 11 is 0. The van der Waals surface area contributed by atoms with Crippen molar-refractivity contribution in [3.63, 3.8) is 0 Å². The molecule has 1 aromatic carbocycles. The van der Waals surface area contributed by atoms with Gasteiger partial charge in [-0.05, 0) is 68.4 Å². The van der Waals surface area contributed by atoms with Crippen molar-refractivity contribution in [3.05, 3.63) is 35.9 Å². The van der Waals surface area contributed by atoms with Gasteiger partial charge in [-0.25, -0.2) is 0 Å². The van der Waals surface area contributed by atoms with E-state index in [2.05, 4.69) is 10.2 Å². The Balaban J connectivity index is 1.04. The maximum absolute atomic E-state index is 12.6. The second-order valence-electron chi connectivity index (χ2n) is 10.2.